The van der Waals surface area contributed by atoms with Gasteiger partial charge in [-0.1, -0.05) is 6.92 Å². The van der Waals surface area contributed by atoms with Gasteiger partial charge in [0.25, 0.3) is 0 Å². The molecule has 1 unspecified atom stereocenters. The molecule has 0 bridgehead atoms. The molecule has 1 aliphatic heterocycles. The minimum Gasteiger partial charge on any atom is -0.376 e. The van der Waals surface area contributed by atoms with Gasteiger partial charge in [-0.05, 0) is 50.1 Å². The monoisotopic (exact) mass is 280 g/mol. The number of nitrogens with one attached hydrogen (secondary N) is 1. The van der Waals surface area contributed by atoms with Crippen molar-refractivity contribution < 1.29 is 9.13 Å². The van der Waals surface area contributed by atoms with Gasteiger partial charge in [-0.15, -0.1) is 0 Å². The first-order valence-corrected chi connectivity index (χ1v) is 7.54. The van der Waals surface area contributed by atoms with Crippen molar-refractivity contribution in [2.45, 2.75) is 38.8 Å². The number of nitrogens with zero attached hydrogens (tertiary/aromatic N) is 1. The second kappa shape index (κ2) is 7.60. The number of hydrogen-bond donors (Lipinski definition) is 1. The number of anilines is 1. The van der Waals surface area contributed by atoms with Gasteiger partial charge >= 0.3 is 0 Å². The molecule has 1 fully saturated rings. The van der Waals surface area contributed by atoms with Gasteiger partial charge in [0.15, 0.2) is 0 Å². The molecule has 3 nitrogen and oxygen atoms in total. The van der Waals surface area contributed by atoms with Crippen molar-refractivity contribution in [2.24, 2.45) is 0 Å². The highest BCUT2D eigenvalue weighted by Crippen LogP contribution is 2.26. The maximum Gasteiger partial charge on any atom is 0.123 e. The van der Waals surface area contributed by atoms with E-state index in [0.29, 0.717) is 12.6 Å². The van der Waals surface area contributed by atoms with E-state index >= 15 is 0 Å². The van der Waals surface area contributed by atoms with Gasteiger partial charge in [0, 0.05) is 31.9 Å². The van der Waals surface area contributed by atoms with Crippen LogP contribution >= 0.6 is 0 Å². The molecule has 0 radical (unpaired) electrons. The van der Waals surface area contributed by atoms with Gasteiger partial charge in [0.1, 0.15) is 5.82 Å². The van der Waals surface area contributed by atoms with Crippen LogP contribution in [0, 0.1) is 5.82 Å². The third-order valence-corrected chi connectivity index (χ3v) is 3.69. The molecular formula is C16H25FN2O. The summed E-state index contributed by atoms with van der Waals surface area (Å²) in [6, 6.07) is 5.07. The van der Waals surface area contributed by atoms with Gasteiger partial charge < -0.3 is 15.0 Å². The molecule has 112 valence electrons. The maximum atomic E-state index is 13.4. The number of halogens is 1. The van der Waals surface area contributed by atoms with Gasteiger partial charge in [0.2, 0.25) is 0 Å². The van der Waals surface area contributed by atoms with E-state index < -0.39 is 0 Å². The Morgan fingerprint density at radius 3 is 3.05 bits per heavy atom. The summed E-state index contributed by atoms with van der Waals surface area (Å²) in [5.41, 5.74) is 2.15. The molecule has 0 amide bonds. The largest absolute Gasteiger partial charge is 0.376 e. The topological polar surface area (TPSA) is 24.5 Å². The van der Waals surface area contributed by atoms with Crippen LogP contribution in [0.2, 0.25) is 0 Å². The average Bonchev–Trinajstić information content (AvgIpc) is 2.46. The number of benzene rings is 1. The van der Waals surface area contributed by atoms with Gasteiger partial charge in [-0.2, -0.15) is 0 Å². The Morgan fingerprint density at radius 2 is 2.30 bits per heavy atom. The van der Waals surface area contributed by atoms with Gasteiger partial charge in [-0.3, -0.25) is 0 Å². The Balaban J connectivity index is 2.09. The molecule has 0 saturated carbocycles. The lowest BCUT2D eigenvalue weighted by atomic mass is 10.0. The van der Waals surface area contributed by atoms with E-state index in [1.165, 1.54) is 0 Å². The van der Waals surface area contributed by atoms with Crippen molar-refractivity contribution in [1.29, 1.82) is 0 Å². The van der Waals surface area contributed by atoms with Crippen LogP contribution < -0.4 is 10.2 Å². The Morgan fingerprint density at radius 1 is 1.45 bits per heavy atom. The normalized spacial score (nSPS) is 19.4. The van der Waals surface area contributed by atoms with Crippen molar-refractivity contribution in [3.8, 4) is 0 Å². The number of hydrogen-bond acceptors (Lipinski definition) is 3. The predicted octanol–water partition coefficient (Wildman–Crippen LogP) is 2.94. The van der Waals surface area contributed by atoms with Crippen LogP contribution in [0.5, 0.6) is 0 Å². The third kappa shape index (κ3) is 3.93. The quantitative estimate of drug-likeness (QED) is 0.867. The van der Waals surface area contributed by atoms with Gasteiger partial charge in [-0.25, -0.2) is 4.39 Å². The lowest BCUT2D eigenvalue weighted by Gasteiger charge is -2.35. The van der Waals surface area contributed by atoms with Crippen molar-refractivity contribution in [2.75, 3.05) is 31.6 Å². The van der Waals surface area contributed by atoms with Crippen LogP contribution in [0.3, 0.4) is 0 Å². The molecule has 1 heterocycles. The summed E-state index contributed by atoms with van der Waals surface area (Å²) in [6.07, 6.45) is 3.61. The summed E-state index contributed by atoms with van der Waals surface area (Å²) in [5.74, 6) is -0.171. The zero-order chi connectivity index (χ0) is 14.4. The van der Waals surface area contributed by atoms with Crippen molar-refractivity contribution in [3.63, 3.8) is 0 Å². The van der Waals surface area contributed by atoms with Gasteiger partial charge in [0.05, 0.1) is 6.10 Å². The Kier molecular flexibility index (Phi) is 5.80. The van der Waals surface area contributed by atoms with Crippen molar-refractivity contribution in [1.82, 2.24) is 5.32 Å². The fourth-order valence-electron chi connectivity index (χ4n) is 2.77. The van der Waals surface area contributed by atoms with E-state index in [1.807, 2.05) is 13.1 Å². The summed E-state index contributed by atoms with van der Waals surface area (Å²) in [6.45, 7) is 5.57. The highest BCUT2D eigenvalue weighted by Gasteiger charge is 2.22. The molecule has 1 saturated heterocycles. The molecule has 1 aromatic rings. The Labute approximate surface area is 121 Å². The molecule has 1 N–H and O–H groups in total. The zero-order valence-corrected chi connectivity index (χ0v) is 12.5. The molecule has 2 rings (SSSR count). The van der Waals surface area contributed by atoms with E-state index in [-0.39, 0.29) is 5.82 Å². The average molecular weight is 280 g/mol. The molecule has 4 heteroatoms. The summed E-state index contributed by atoms with van der Waals surface area (Å²) >= 11 is 0. The molecule has 1 atom stereocenters. The van der Waals surface area contributed by atoms with Crippen LogP contribution in [0.4, 0.5) is 10.1 Å². The highest BCUT2D eigenvalue weighted by atomic mass is 19.1. The van der Waals surface area contributed by atoms with E-state index in [4.69, 9.17) is 4.74 Å². The predicted molar refractivity (Wildman–Crippen MR) is 80.6 cm³/mol. The second-order valence-corrected chi connectivity index (χ2v) is 5.38. The molecule has 1 aliphatic rings. The van der Waals surface area contributed by atoms with Crippen LogP contribution in [-0.2, 0) is 11.3 Å². The SMILES string of the molecule is CCCOC1CCCN(c2ccc(F)cc2CNC)C1. The first-order chi connectivity index (χ1) is 9.74. The van der Waals surface area contributed by atoms with Crippen LogP contribution in [0.25, 0.3) is 0 Å². The van der Waals surface area contributed by atoms with Crippen molar-refractivity contribution in [3.05, 3.63) is 29.6 Å². The number of piperidine rings is 1. The summed E-state index contributed by atoms with van der Waals surface area (Å²) < 4.78 is 19.3. The molecule has 20 heavy (non-hydrogen) atoms. The first-order valence-electron chi connectivity index (χ1n) is 7.54. The van der Waals surface area contributed by atoms with Crippen molar-refractivity contribution >= 4 is 5.69 Å². The van der Waals surface area contributed by atoms with E-state index in [2.05, 4.69) is 17.1 Å². The zero-order valence-electron chi connectivity index (χ0n) is 12.5. The molecule has 1 aromatic carbocycles. The van der Waals surface area contributed by atoms with E-state index in [1.54, 1.807) is 12.1 Å². The number of ether oxygens (including phenoxy) is 1. The molecular weight excluding hydrogens is 255 g/mol. The Bertz CT molecular complexity index is 425. The lowest BCUT2D eigenvalue weighted by Crippen LogP contribution is -2.40. The smallest absolute Gasteiger partial charge is 0.123 e. The van der Waals surface area contributed by atoms with Crippen LogP contribution in [-0.4, -0.2) is 32.8 Å². The Hall–Kier alpha value is -1.13. The fraction of sp³-hybridized carbons (Fsp3) is 0.625. The molecule has 0 spiro atoms. The second-order valence-electron chi connectivity index (χ2n) is 5.38. The maximum absolute atomic E-state index is 13.4. The van der Waals surface area contributed by atoms with Crippen LogP contribution in [0.15, 0.2) is 18.2 Å². The van der Waals surface area contributed by atoms with E-state index in [9.17, 15) is 4.39 Å². The summed E-state index contributed by atoms with van der Waals surface area (Å²) in [4.78, 5) is 2.33. The minimum absolute atomic E-state index is 0.171. The molecule has 0 aromatic heterocycles. The third-order valence-electron chi connectivity index (χ3n) is 3.69. The minimum atomic E-state index is -0.171. The fourth-order valence-corrected chi connectivity index (χ4v) is 2.77. The van der Waals surface area contributed by atoms with E-state index in [0.717, 1.165) is 50.2 Å². The first kappa shape index (κ1) is 15.3. The summed E-state index contributed by atoms with van der Waals surface area (Å²) in [7, 11) is 1.89. The van der Waals surface area contributed by atoms with Crippen LogP contribution in [0.1, 0.15) is 31.7 Å². The highest BCUT2D eigenvalue weighted by molar-refractivity contribution is 5.54. The standard InChI is InChI=1S/C16H25FN2O/c1-3-9-20-15-5-4-8-19(12-15)16-7-6-14(17)10-13(16)11-18-2/h6-7,10,15,18H,3-5,8-9,11-12H2,1-2H3. The lowest BCUT2D eigenvalue weighted by molar-refractivity contribution is 0.0440. The molecule has 0 aliphatic carbocycles. The number of rotatable bonds is 6. The summed E-state index contributed by atoms with van der Waals surface area (Å²) in [5, 5.41) is 3.11.